The highest BCUT2D eigenvalue weighted by Gasteiger charge is 2.12. The summed E-state index contributed by atoms with van der Waals surface area (Å²) in [6.45, 7) is -0.164. The maximum atomic E-state index is 12.3. The molecule has 2 heterocycles. The minimum Gasteiger partial charge on any atom is -0.323 e. The van der Waals surface area contributed by atoms with Crippen LogP contribution >= 0.6 is 27.5 Å². The predicted octanol–water partition coefficient (Wildman–Crippen LogP) is 2.18. The maximum absolute atomic E-state index is 12.3. The fourth-order valence-electron chi connectivity index (χ4n) is 2.11. The summed E-state index contributed by atoms with van der Waals surface area (Å²) in [5.74, 6) is -0.374. The van der Waals surface area contributed by atoms with Crippen LogP contribution in [0.2, 0.25) is 5.02 Å². The van der Waals surface area contributed by atoms with Gasteiger partial charge >= 0.3 is 0 Å². The van der Waals surface area contributed by atoms with Gasteiger partial charge in [0.15, 0.2) is 5.65 Å². The SMILES string of the molecule is Cn1ncc2c(=O)n(CC(=O)Nc3ccc(Br)cc3Cl)cnc21. The van der Waals surface area contributed by atoms with E-state index in [1.54, 1.807) is 25.2 Å². The van der Waals surface area contributed by atoms with Gasteiger partial charge in [-0.05, 0) is 18.2 Å². The lowest BCUT2D eigenvalue weighted by Gasteiger charge is -2.09. The average Bonchev–Trinajstić information content (AvgIpc) is 2.87. The Morgan fingerprint density at radius 3 is 2.96 bits per heavy atom. The van der Waals surface area contributed by atoms with Crippen LogP contribution in [0.15, 0.2) is 40.0 Å². The van der Waals surface area contributed by atoms with E-state index in [0.717, 1.165) is 4.47 Å². The van der Waals surface area contributed by atoms with Crippen molar-refractivity contribution in [2.75, 3.05) is 5.32 Å². The van der Waals surface area contributed by atoms with Crippen molar-refractivity contribution >= 4 is 50.2 Å². The van der Waals surface area contributed by atoms with E-state index in [9.17, 15) is 9.59 Å². The quantitative estimate of drug-likeness (QED) is 0.736. The summed E-state index contributed by atoms with van der Waals surface area (Å²) in [6, 6.07) is 5.11. The number of anilines is 1. The molecular weight excluding hydrogens is 386 g/mol. The van der Waals surface area contributed by atoms with Crippen molar-refractivity contribution < 1.29 is 4.79 Å². The number of amides is 1. The number of hydrogen-bond acceptors (Lipinski definition) is 4. The van der Waals surface area contributed by atoms with E-state index < -0.39 is 0 Å². The standard InChI is InChI=1S/C14H11BrClN5O2/c1-20-13-9(5-18-20)14(23)21(7-17-13)6-12(22)19-11-3-2-8(15)4-10(11)16/h2-5,7H,6H2,1H3,(H,19,22). The fraction of sp³-hybridized carbons (Fsp3) is 0.143. The van der Waals surface area contributed by atoms with E-state index in [1.807, 2.05) is 0 Å². The van der Waals surface area contributed by atoms with Gasteiger partial charge in [-0.25, -0.2) is 4.98 Å². The van der Waals surface area contributed by atoms with Crippen LogP contribution in [0.1, 0.15) is 0 Å². The number of rotatable bonds is 3. The number of benzene rings is 1. The Bertz CT molecular complexity index is 965. The molecule has 0 unspecified atom stereocenters. The first-order valence-corrected chi connectivity index (χ1v) is 7.75. The lowest BCUT2D eigenvalue weighted by atomic mass is 10.3. The second-order valence-corrected chi connectivity index (χ2v) is 6.18. The molecule has 0 aliphatic carbocycles. The summed E-state index contributed by atoms with van der Waals surface area (Å²) in [6.07, 6.45) is 2.76. The van der Waals surface area contributed by atoms with Crippen molar-refractivity contribution in [3.63, 3.8) is 0 Å². The molecular formula is C14H11BrClN5O2. The first-order chi connectivity index (χ1) is 11.0. The van der Waals surface area contributed by atoms with Crippen LogP contribution in [0.3, 0.4) is 0 Å². The molecule has 0 spiro atoms. The first kappa shape index (κ1) is 15.7. The third-order valence-electron chi connectivity index (χ3n) is 3.24. The Hall–Kier alpha value is -2.19. The number of carbonyl (C=O) groups is 1. The van der Waals surface area contributed by atoms with Crippen LogP contribution in [-0.2, 0) is 18.4 Å². The molecule has 3 aromatic rings. The van der Waals surface area contributed by atoms with Gasteiger partial charge < -0.3 is 5.32 Å². The highest BCUT2D eigenvalue weighted by atomic mass is 79.9. The molecule has 0 aliphatic heterocycles. The van der Waals surface area contributed by atoms with Crippen molar-refractivity contribution in [1.82, 2.24) is 19.3 Å². The summed E-state index contributed by atoms with van der Waals surface area (Å²) < 4.78 is 3.54. The number of halogens is 2. The molecule has 1 amide bonds. The minimum absolute atomic E-state index is 0.164. The molecule has 1 N–H and O–H groups in total. The van der Waals surface area contributed by atoms with Gasteiger partial charge in [0.25, 0.3) is 5.56 Å². The topological polar surface area (TPSA) is 81.8 Å². The van der Waals surface area contributed by atoms with E-state index >= 15 is 0 Å². The lowest BCUT2D eigenvalue weighted by Crippen LogP contribution is -2.27. The van der Waals surface area contributed by atoms with Gasteiger partial charge in [0.05, 0.1) is 16.9 Å². The molecule has 118 valence electrons. The zero-order chi connectivity index (χ0) is 16.6. The highest BCUT2D eigenvalue weighted by Crippen LogP contribution is 2.25. The second kappa shape index (κ2) is 6.13. The molecule has 0 radical (unpaired) electrons. The van der Waals surface area contributed by atoms with Crippen LogP contribution in [0.25, 0.3) is 11.0 Å². The summed E-state index contributed by atoms with van der Waals surface area (Å²) in [5, 5.41) is 7.42. The molecule has 0 saturated heterocycles. The summed E-state index contributed by atoms with van der Waals surface area (Å²) in [5.41, 5.74) is 0.631. The zero-order valence-corrected chi connectivity index (χ0v) is 14.3. The highest BCUT2D eigenvalue weighted by molar-refractivity contribution is 9.10. The largest absolute Gasteiger partial charge is 0.323 e. The smallest absolute Gasteiger partial charge is 0.264 e. The molecule has 3 rings (SSSR count). The van der Waals surface area contributed by atoms with Crippen LogP contribution in [0.4, 0.5) is 5.69 Å². The molecule has 0 aliphatic rings. The Labute approximate surface area is 144 Å². The van der Waals surface area contributed by atoms with Gasteiger partial charge in [0, 0.05) is 11.5 Å². The molecule has 9 heteroatoms. The first-order valence-electron chi connectivity index (χ1n) is 6.58. The molecule has 0 saturated carbocycles. The zero-order valence-electron chi connectivity index (χ0n) is 12.0. The molecule has 1 aromatic carbocycles. The number of hydrogen-bond donors (Lipinski definition) is 1. The molecule has 0 bridgehead atoms. The van der Waals surface area contributed by atoms with Gasteiger partial charge in [-0.1, -0.05) is 27.5 Å². The van der Waals surface area contributed by atoms with E-state index in [2.05, 4.69) is 31.3 Å². The summed E-state index contributed by atoms with van der Waals surface area (Å²) in [4.78, 5) is 28.6. The predicted molar refractivity (Wildman–Crippen MR) is 90.6 cm³/mol. The molecule has 0 atom stereocenters. The molecule has 7 nitrogen and oxygen atoms in total. The monoisotopic (exact) mass is 395 g/mol. The van der Waals surface area contributed by atoms with Crippen LogP contribution < -0.4 is 10.9 Å². The summed E-state index contributed by atoms with van der Waals surface area (Å²) >= 11 is 9.34. The van der Waals surface area contributed by atoms with E-state index in [-0.39, 0.29) is 18.0 Å². The Morgan fingerprint density at radius 2 is 2.22 bits per heavy atom. The molecule has 23 heavy (non-hydrogen) atoms. The van der Waals surface area contributed by atoms with Crippen molar-refractivity contribution in [3.8, 4) is 0 Å². The van der Waals surface area contributed by atoms with Crippen molar-refractivity contribution in [3.05, 3.63) is 50.6 Å². The van der Waals surface area contributed by atoms with E-state index in [4.69, 9.17) is 11.6 Å². The Morgan fingerprint density at radius 1 is 1.43 bits per heavy atom. The van der Waals surface area contributed by atoms with Crippen LogP contribution in [0.5, 0.6) is 0 Å². The number of fused-ring (bicyclic) bond motifs is 1. The number of nitrogens with one attached hydrogen (secondary N) is 1. The fourth-order valence-corrected chi connectivity index (χ4v) is 2.84. The lowest BCUT2D eigenvalue weighted by molar-refractivity contribution is -0.116. The van der Waals surface area contributed by atoms with Crippen molar-refractivity contribution in [2.24, 2.45) is 7.05 Å². The third kappa shape index (κ3) is 3.13. The van der Waals surface area contributed by atoms with Crippen LogP contribution in [0, 0.1) is 0 Å². The third-order valence-corrected chi connectivity index (χ3v) is 4.04. The van der Waals surface area contributed by atoms with Gasteiger partial charge in [0.2, 0.25) is 5.91 Å². The van der Waals surface area contributed by atoms with Gasteiger partial charge in [0.1, 0.15) is 18.3 Å². The average molecular weight is 397 g/mol. The van der Waals surface area contributed by atoms with E-state index in [1.165, 1.54) is 21.8 Å². The Balaban J connectivity index is 1.83. The van der Waals surface area contributed by atoms with Gasteiger partial charge in [-0.2, -0.15) is 5.10 Å². The molecule has 0 fully saturated rings. The molecule has 2 aromatic heterocycles. The normalized spacial score (nSPS) is 10.9. The number of carbonyl (C=O) groups excluding carboxylic acids is 1. The maximum Gasteiger partial charge on any atom is 0.264 e. The van der Waals surface area contributed by atoms with Gasteiger partial charge in [-0.15, -0.1) is 0 Å². The summed E-state index contributed by atoms with van der Waals surface area (Å²) in [7, 11) is 1.70. The number of nitrogens with zero attached hydrogens (tertiary/aromatic N) is 4. The van der Waals surface area contributed by atoms with Gasteiger partial charge in [-0.3, -0.25) is 18.8 Å². The minimum atomic E-state index is -0.374. The van der Waals surface area contributed by atoms with Crippen LogP contribution in [-0.4, -0.2) is 25.2 Å². The van der Waals surface area contributed by atoms with Crippen molar-refractivity contribution in [1.29, 1.82) is 0 Å². The second-order valence-electron chi connectivity index (χ2n) is 4.86. The Kier molecular flexibility index (Phi) is 4.18. The van der Waals surface area contributed by atoms with E-state index in [0.29, 0.717) is 21.7 Å². The number of aromatic nitrogens is 4. The van der Waals surface area contributed by atoms with Crippen molar-refractivity contribution in [2.45, 2.75) is 6.54 Å². The number of aryl methyl sites for hydroxylation is 1.